The monoisotopic (exact) mass is 153 g/mol. The molecule has 1 aromatic heterocycles. The van der Waals surface area contributed by atoms with E-state index < -0.39 is 0 Å². The Labute approximate surface area is 67.0 Å². The molecule has 0 fully saturated rings. The molecular formula is C8H15N3. The third-order valence-electron chi connectivity index (χ3n) is 1.94. The molecule has 0 amide bonds. The maximum absolute atomic E-state index is 5.51. The van der Waals surface area contributed by atoms with E-state index in [9.17, 15) is 0 Å². The molecule has 0 atom stereocenters. The Balaban J connectivity index is 2.82. The van der Waals surface area contributed by atoms with Crippen LogP contribution in [0.3, 0.4) is 0 Å². The van der Waals surface area contributed by atoms with Gasteiger partial charge in [0.05, 0.1) is 0 Å². The Morgan fingerprint density at radius 2 is 1.91 bits per heavy atom. The van der Waals surface area contributed by atoms with E-state index in [1.165, 1.54) is 5.69 Å². The Bertz CT molecular complexity index is 227. The Morgan fingerprint density at radius 3 is 2.36 bits per heavy atom. The van der Waals surface area contributed by atoms with Crippen LogP contribution in [-0.2, 0) is 20.0 Å². The fourth-order valence-electron chi connectivity index (χ4n) is 1.20. The summed E-state index contributed by atoms with van der Waals surface area (Å²) in [5, 5.41) is 0. The number of hydrogen-bond donors (Lipinski definition) is 2. The minimum Gasteiger partial charge on any atom is -0.350 e. The molecule has 0 saturated carbocycles. The van der Waals surface area contributed by atoms with Gasteiger partial charge in [0, 0.05) is 25.0 Å². The van der Waals surface area contributed by atoms with Gasteiger partial charge in [-0.15, -0.1) is 0 Å². The lowest BCUT2D eigenvalue weighted by molar-refractivity contribution is 0.756. The largest absolute Gasteiger partial charge is 0.350 e. The molecule has 1 rings (SSSR count). The van der Waals surface area contributed by atoms with Gasteiger partial charge in [-0.25, -0.2) is 0 Å². The molecule has 0 spiro atoms. The number of aromatic nitrogens is 1. The van der Waals surface area contributed by atoms with Crippen LogP contribution >= 0.6 is 0 Å². The van der Waals surface area contributed by atoms with Crippen LogP contribution < -0.4 is 11.5 Å². The van der Waals surface area contributed by atoms with Gasteiger partial charge in [0.2, 0.25) is 0 Å². The van der Waals surface area contributed by atoms with Gasteiger partial charge in [0.1, 0.15) is 0 Å². The zero-order chi connectivity index (χ0) is 8.27. The predicted molar refractivity (Wildman–Crippen MR) is 46.1 cm³/mol. The van der Waals surface area contributed by atoms with E-state index in [0.29, 0.717) is 13.1 Å². The quantitative estimate of drug-likeness (QED) is 0.641. The van der Waals surface area contributed by atoms with Crippen LogP contribution in [0.2, 0.25) is 0 Å². The van der Waals surface area contributed by atoms with Crippen molar-refractivity contribution in [3.05, 3.63) is 23.5 Å². The van der Waals surface area contributed by atoms with Crippen molar-refractivity contribution in [3.63, 3.8) is 0 Å². The van der Waals surface area contributed by atoms with E-state index in [0.717, 1.165) is 12.1 Å². The van der Waals surface area contributed by atoms with Gasteiger partial charge in [0.25, 0.3) is 0 Å². The van der Waals surface area contributed by atoms with Crippen LogP contribution in [0.25, 0.3) is 0 Å². The summed E-state index contributed by atoms with van der Waals surface area (Å²) in [7, 11) is 2.02. The second kappa shape index (κ2) is 3.55. The molecule has 4 N–H and O–H groups in total. The lowest BCUT2D eigenvalue weighted by atomic mass is 10.3. The van der Waals surface area contributed by atoms with Gasteiger partial charge in [-0.05, 0) is 25.1 Å². The van der Waals surface area contributed by atoms with Crippen molar-refractivity contribution in [2.24, 2.45) is 18.5 Å². The standard InChI is InChI=1S/C8H15N3/c1-11-7(4-5-9)2-3-8(11)6-10/h2-3H,4-6,9-10H2,1H3. The minimum absolute atomic E-state index is 0.598. The van der Waals surface area contributed by atoms with Gasteiger partial charge in [-0.3, -0.25) is 0 Å². The van der Waals surface area contributed by atoms with Gasteiger partial charge in [0.15, 0.2) is 0 Å². The number of hydrogen-bond acceptors (Lipinski definition) is 2. The van der Waals surface area contributed by atoms with Crippen molar-refractivity contribution >= 4 is 0 Å². The molecule has 62 valence electrons. The molecule has 1 aromatic rings. The van der Waals surface area contributed by atoms with E-state index in [4.69, 9.17) is 11.5 Å². The summed E-state index contributed by atoms with van der Waals surface area (Å²) in [5.41, 5.74) is 13.4. The molecule has 0 aromatic carbocycles. The van der Waals surface area contributed by atoms with E-state index in [1.807, 2.05) is 13.1 Å². The number of nitrogens with two attached hydrogens (primary N) is 2. The van der Waals surface area contributed by atoms with Crippen LogP contribution in [0, 0.1) is 0 Å². The van der Waals surface area contributed by atoms with Crippen molar-refractivity contribution in [1.29, 1.82) is 0 Å². The molecule has 3 nitrogen and oxygen atoms in total. The predicted octanol–water partition coefficient (Wildman–Crippen LogP) is -0.0150. The summed E-state index contributed by atoms with van der Waals surface area (Å²) < 4.78 is 2.10. The van der Waals surface area contributed by atoms with Gasteiger partial charge in [-0.1, -0.05) is 0 Å². The lowest BCUT2D eigenvalue weighted by Crippen LogP contribution is -2.09. The molecule has 0 aliphatic heterocycles. The topological polar surface area (TPSA) is 57.0 Å². The van der Waals surface area contributed by atoms with Crippen LogP contribution in [0.1, 0.15) is 11.4 Å². The molecule has 0 aliphatic carbocycles. The fraction of sp³-hybridized carbons (Fsp3) is 0.500. The van der Waals surface area contributed by atoms with Crippen LogP contribution in [0.5, 0.6) is 0 Å². The highest BCUT2D eigenvalue weighted by Gasteiger charge is 2.00. The highest BCUT2D eigenvalue weighted by molar-refractivity contribution is 5.15. The van der Waals surface area contributed by atoms with Gasteiger partial charge >= 0.3 is 0 Å². The summed E-state index contributed by atoms with van der Waals surface area (Å²) >= 11 is 0. The first kappa shape index (κ1) is 8.30. The summed E-state index contributed by atoms with van der Waals surface area (Å²) in [6.07, 6.45) is 0.927. The van der Waals surface area contributed by atoms with E-state index in [2.05, 4.69) is 10.6 Å². The summed E-state index contributed by atoms with van der Waals surface area (Å²) in [6.45, 7) is 1.29. The molecule has 0 radical (unpaired) electrons. The summed E-state index contributed by atoms with van der Waals surface area (Å²) in [6, 6.07) is 4.13. The zero-order valence-corrected chi connectivity index (χ0v) is 6.88. The SMILES string of the molecule is Cn1c(CN)ccc1CCN. The van der Waals surface area contributed by atoms with Crippen molar-refractivity contribution in [3.8, 4) is 0 Å². The van der Waals surface area contributed by atoms with E-state index in [-0.39, 0.29) is 0 Å². The first-order valence-corrected chi connectivity index (χ1v) is 3.83. The highest BCUT2D eigenvalue weighted by atomic mass is 15.0. The first-order valence-electron chi connectivity index (χ1n) is 3.83. The normalized spacial score (nSPS) is 10.5. The van der Waals surface area contributed by atoms with Crippen molar-refractivity contribution in [2.75, 3.05) is 6.54 Å². The van der Waals surface area contributed by atoms with E-state index >= 15 is 0 Å². The minimum atomic E-state index is 0.598. The molecule has 0 aliphatic rings. The number of nitrogens with zero attached hydrogens (tertiary/aromatic N) is 1. The molecular weight excluding hydrogens is 138 g/mol. The molecule has 3 heteroatoms. The Morgan fingerprint density at radius 1 is 1.27 bits per heavy atom. The Hall–Kier alpha value is -0.800. The molecule has 0 saturated heterocycles. The molecule has 0 bridgehead atoms. The van der Waals surface area contributed by atoms with Crippen LogP contribution in [0.15, 0.2) is 12.1 Å². The van der Waals surface area contributed by atoms with Gasteiger partial charge < -0.3 is 16.0 Å². The van der Waals surface area contributed by atoms with Crippen LogP contribution in [-0.4, -0.2) is 11.1 Å². The smallest absolute Gasteiger partial charge is 0.0334 e. The van der Waals surface area contributed by atoms with Crippen molar-refractivity contribution in [2.45, 2.75) is 13.0 Å². The second-order valence-corrected chi connectivity index (χ2v) is 2.62. The average molecular weight is 153 g/mol. The molecule has 0 unspecified atom stereocenters. The van der Waals surface area contributed by atoms with E-state index in [1.54, 1.807) is 0 Å². The fourth-order valence-corrected chi connectivity index (χ4v) is 1.20. The highest BCUT2D eigenvalue weighted by Crippen LogP contribution is 2.06. The molecule has 11 heavy (non-hydrogen) atoms. The van der Waals surface area contributed by atoms with Crippen molar-refractivity contribution in [1.82, 2.24) is 4.57 Å². The first-order chi connectivity index (χ1) is 5.29. The number of rotatable bonds is 3. The van der Waals surface area contributed by atoms with Crippen molar-refractivity contribution < 1.29 is 0 Å². The summed E-state index contributed by atoms with van der Waals surface area (Å²) in [4.78, 5) is 0. The zero-order valence-electron chi connectivity index (χ0n) is 6.88. The second-order valence-electron chi connectivity index (χ2n) is 2.62. The third-order valence-corrected chi connectivity index (χ3v) is 1.94. The third kappa shape index (κ3) is 1.61. The van der Waals surface area contributed by atoms with Crippen LogP contribution in [0.4, 0.5) is 0 Å². The molecule has 1 heterocycles. The van der Waals surface area contributed by atoms with Gasteiger partial charge in [-0.2, -0.15) is 0 Å². The summed E-state index contributed by atoms with van der Waals surface area (Å²) in [5.74, 6) is 0. The average Bonchev–Trinajstić information content (AvgIpc) is 2.34. The maximum atomic E-state index is 5.51. The lowest BCUT2D eigenvalue weighted by Gasteiger charge is -2.04. The maximum Gasteiger partial charge on any atom is 0.0334 e. The Kier molecular flexibility index (Phi) is 2.68.